The van der Waals surface area contributed by atoms with Gasteiger partial charge < -0.3 is 0 Å². The highest BCUT2D eigenvalue weighted by molar-refractivity contribution is 7.87. The molecule has 0 aliphatic heterocycles. The molecule has 0 fully saturated rings. The van der Waals surface area contributed by atoms with Crippen molar-refractivity contribution in [3.63, 3.8) is 0 Å². The number of halogens is 3. The fourth-order valence-corrected chi connectivity index (χ4v) is 1.37. The number of rotatable bonds is 7. The van der Waals surface area contributed by atoms with Crippen molar-refractivity contribution in [1.82, 2.24) is 0 Å². The van der Waals surface area contributed by atoms with Crippen LogP contribution in [0.15, 0.2) is 25.3 Å². The highest BCUT2D eigenvalue weighted by Gasteiger charge is 2.47. The predicted molar refractivity (Wildman–Crippen MR) is 54.0 cm³/mol. The molecule has 1 unspecified atom stereocenters. The zero-order chi connectivity index (χ0) is 12.8. The SMILES string of the molecule is C=CCC(C=C)CCOS(=O)(=O)C(F)(F)F. The number of alkyl halides is 3. The lowest BCUT2D eigenvalue weighted by atomic mass is 10.0. The fourth-order valence-electron chi connectivity index (χ4n) is 0.922. The van der Waals surface area contributed by atoms with Gasteiger partial charge in [0.1, 0.15) is 0 Å². The maximum Gasteiger partial charge on any atom is 0.523 e. The molecule has 0 N–H and O–H groups in total. The zero-order valence-corrected chi connectivity index (χ0v) is 9.35. The average molecular weight is 258 g/mol. The first-order chi connectivity index (χ1) is 7.24. The van der Waals surface area contributed by atoms with Gasteiger partial charge in [0.15, 0.2) is 0 Å². The molecule has 0 aliphatic carbocycles. The van der Waals surface area contributed by atoms with Gasteiger partial charge in [0.25, 0.3) is 0 Å². The number of hydrogen-bond acceptors (Lipinski definition) is 3. The topological polar surface area (TPSA) is 43.4 Å². The summed E-state index contributed by atoms with van der Waals surface area (Å²) in [5.41, 5.74) is -5.37. The van der Waals surface area contributed by atoms with E-state index in [2.05, 4.69) is 17.3 Å². The van der Waals surface area contributed by atoms with Gasteiger partial charge in [0, 0.05) is 0 Å². The highest BCUT2D eigenvalue weighted by atomic mass is 32.2. The molecule has 0 bridgehead atoms. The van der Waals surface area contributed by atoms with Crippen LogP contribution < -0.4 is 0 Å². The van der Waals surface area contributed by atoms with Crippen molar-refractivity contribution in [2.45, 2.75) is 18.3 Å². The van der Waals surface area contributed by atoms with E-state index >= 15 is 0 Å². The molecule has 0 radical (unpaired) electrons. The van der Waals surface area contributed by atoms with E-state index in [0.29, 0.717) is 6.42 Å². The molecule has 0 heterocycles. The maximum absolute atomic E-state index is 11.8. The summed E-state index contributed by atoms with van der Waals surface area (Å²) in [5.74, 6) is -0.138. The molecular formula is C9H13F3O3S. The molecule has 3 nitrogen and oxygen atoms in total. The molecule has 0 aromatic carbocycles. The van der Waals surface area contributed by atoms with Crippen LogP contribution in [0.1, 0.15) is 12.8 Å². The Morgan fingerprint density at radius 2 is 1.88 bits per heavy atom. The second kappa shape index (κ2) is 6.05. The highest BCUT2D eigenvalue weighted by Crippen LogP contribution is 2.25. The molecule has 1 atom stereocenters. The minimum atomic E-state index is -5.48. The van der Waals surface area contributed by atoms with Crippen LogP contribution in [0.2, 0.25) is 0 Å². The van der Waals surface area contributed by atoms with Gasteiger partial charge in [-0.1, -0.05) is 12.2 Å². The lowest BCUT2D eigenvalue weighted by Crippen LogP contribution is -2.26. The summed E-state index contributed by atoms with van der Waals surface area (Å²) in [6, 6.07) is 0. The second-order valence-electron chi connectivity index (χ2n) is 3.03. The molecule has 0 aromatic heterocycles. The smallest absolute Gasteiger partial charge is 0.263 e. The van der Waals surface area contributed by atoms with Crippen LogP contribution in [-0.4, -0.2) is 20.5 Å². The molecular weight excluding hydrogens is 245 g/mol. The molecule has 7 heteroatoms. The van der Waals surface area contributed by atoms with Gasteiger partial charge in [-0.15, -0.1) is 13.2 Å². The third-order valence-corrected chi connectivity index (χ3v) is 2.86. The Kier molecular flexibility index (Phi) is 5.74. The Hall–Kier alpha value is -0.820. The zero-order valence-electron chi connectivity index (χ0n) is 8.53. The van der Waals surface area contributed by atoms with Gasteiger partial charge in [-0.25, -0.2) is 0 Å². The van der Waals surface area contributed by atoms with E-state index in [4.69, 9.17) is 0 Å². The Labute approximate surface area is 92.7 Å². The number of hydrogen-bond donors (Lipinski definition) is 0. The lowest BCUT2D eigenvalue weighted by Gasteiger charge is -2.11. The molecule has 0 aromatic rings. The number of allylic oxidation sites excluding steroid dienone is 2. The van der Waals surface area contributed by atoms with Crippen molar-refractivity contribution in [2.24, 2.45) is 5.92 Å². The summed E-state index contributed by atoms with van der Waals surface area (Å²) in [7, 11) is -5.48. The van der Waals surface area contributed by atoms with Crippen LogP contribution in [0.3, 0.4) is 0 Å². The molecule has 0 aliphatic rings. The second-order valence-corrected chi connectivity index (χ2v) is 4.64. The third kappa shape index (κ3) is 4.80. The van der Waals surface area contributed by atoms with E-state index in [9.17, 15) is 21.6 Å². The summed E-state index contributed by atoms with van der Waals surface area (Å²) in [4.78, 5) is 0. The van der Waals surface area contributed by atoms with E-state index in [1.54, 1.807) is 6.08 Å². The van der Waals surface area contributed by atoms with Gasteiger partial charge >= 0.3 is 15.6 Å². The molecule has 0 amide bonds. The molecule has 16 heavy (non-hydrogen) atoms. The molecule has 0 spiro atoms. The Bertz CT molecular complexity index is 332. The normalized spacial score (nSPS) is 14.4. The summed E-state index contributed by atoms with van der Waals surface area (Å²) in [6.45, 7) is 6.40. The first-order valence-corrected chi connectivity index (χ1v) is 5.84. The van der Waals surface area contributed by atoms with Crippen molar-refractivity contribution < 1.29 is 25.8 Å². The largest absolute Gasteiger partial charge is 0.523 e. The first kappa shape index (κ1) is 15.2. The monoisotopic (exact) mass is 258 g/mol. The quantitative estimate of drug-likeness (QED) is 0.400. The summed E-state index contributed by atoms with van der Waals surface area (Å²) >= 11 is 0. The van der Waals surface area contributed by atoms with Crippen molar-refractivity contribution >= 4 is 10.1 Å². The Morgan fingerprint density at radius 3 is 2.25 bits per heavy atom. The van der Waals surface area contributed by atoms with Crippen molar-refractivity contribution in [3.05, 3.63) is 25.3 Å². The molecule has 0 rings (SSSR count). The minimum absolute atomic E-state index is 0.138. The average Bonchev–Trinajstić information content (AvgIpc) is 2.14. The standard InChI is InChI=1S/C9H13F3O3S/c1-3-5-8(4-2)6-7-15-16(13,14)9(10,11)12/h3-4,8H,1-2,5-7H2. The molecule has 0 saturated carbocycles. The van der Waals surface area contributed by atoms with E-state index in [-0.39, 0.29) is 12.3 Å². The predicted octanol–water partition coefficient (Wildman–Crippen LogP) is 2.62. The van der Waals surface area contributed by atoms with Crippen molar-refractivity contribution in [1.29, 1.82) is 0 Å². The fraction of sp³-hybridized carbons (Fsp3) is 0.556. The van der Waals surface area contributed by atoms with E-state index in [0.717, 1.165) is 0 Å². The van der Waals surface area contributed by atoms with Crippen LogP contribution in [0, 0.1) is 5.92 Å². The maximum atomic E-state index is 11.8. The first-order valence-electron chi connectivity index (χ1n) is 4.43. The summed E-state index contributed by atoms with van der Waals surface area (Å²) in [5, 5.41) is 0. The van der Waals surface area contributed by atoms with Crippen LogP contribution in [0.25, 0.3) is 0 Å². The van der Waals surface area contributed by atoms with Gasteiger partial charge in [-0.3, -0.25) is 4.18 Å². The van der Waals surface area contributed by atoms with E-state index < -0.39 is 22.2 Å². The lowest BCUT2D eigenvalue weighted by molar-refractivity contribution is -0.0544. The summed E-state index contributed by atoms with van der Waals surface area (Å²) in [6.07, 6.45) is 3.75. The van der Waals surface area contributed by atoms with Gasteiger partial charge in [0.05, 0.1) is 6.61 Å². The van der Waals surface area contributed by atoms with Crippen LogP contribution >= 0.6 is 0 Å². The summed E-state index contributed by atoms with van der Waals surface area (Å²) < 4.78 is 60.3. The third-order valence-electron chi connectivity index (χ3n) is 1.81. The van der Waals surface area contributed by atoms with Crippen LogP contribution in [-0.2, 0) is 14.3 Å². The van der Waals surface area contributed by atoms with Gasteiger partial charge in [-0.2, -0.15) is 21.6 Å². The van der Waals surface area contributed by atoms with Crippen LogP contribution in [0.4, 0.5) is 13.2 Å². The van der Waals surface area contributed by atoms with E-state index in [1.165, 1.54) is 6.08 Å². The van der Waals surface area contributed by atoms with Crippen molar-refractivity contribution in [3.8, 4) is 0 Å². The van der Waals surface area contributed by atoms with Crippen LogP contribution in [0.5, 0.6) is 0 Å². The van der Waals surface area contributed by atoms with Crippen molar-refractivity contribution in [2.75, 3.05) is 6.61 Å². The molecule has 0 saturated heterocycles. The Balaban J connectivity index is 4.17. The van der Waals surface area contributed by atoms with Gasteiger partial charge in [0.2, 0.25) is 0 Å². The van der Waals surface area contributed by atoms with E-state index in [1.807, 2.05) is 0 Å². The minimum Gasteiger partial charge on any atom is -0.263 e. The Morgan fingerprint density at radius 1 is 1.31 bits per heavy atom. The van der Waals surface area contributed by atoms with Gasteiger partial charge in [-0.05, 0) is 18.8 Å². The molecule has 94 valence electrons.